The highest BCUT2D eigenvalue weighted by atomic mass is 19.4. The van der Waals surface area contributed by atoms with E-state index in [2.05, 4.69) is 5.32 Å². The van der Waals surface area contributed by atoms with E-state index >= 15 is 0 Å². The molecule has 1 aliphatic rings. The quantitative estimate of drug-likeness (QED) is 0.840. The van der Waals surface area contributed by atoms with Crippen molar-refractivity contribution < 1.29 is 13.2 Å². The fourth-order valence-corrected chi connectivity index (χ4v) is 2.06. The highest BCUT2D eigenvalue weighted by molar-refractivity contribution is 5.30. The smallest absolute Gasteiger partial charge is 0.319 e. The van der Waals surface area contributed by atoms with Crippen molar-refractivity contribution in [2.75, 3.05) is 13.6 Å². The molecule has 0 heterocycles. The van der Waals surface area contributed by atoms with E-state index < -0.39 is 11.7 Å². The van der Waals surface area contributed by atoms with E-state index in [0.717, 1.165) is 18.5 Å². The van der Waals surface area contributed by atoms with Crippen molar-refractivity contribution in [2.45, 2.75) is 18.5 Å². The molecule has 0 aliphatic heterocycles. The summed E-state index contributed by atoms with van der Waals surface area (Å²) in [6.07, 6.45) is -3.15. The Labute approximate surface area is 92.7 Å². The lowest BCUT2D eigenvalue weighted by molar-refractivity contribution is -0.137. The Hall–Kier alpha value is -1.03. The third-order valence-corrected chi connectivity index (χ3v) is 3.06. The SMILES string of the molecule is CNC[C@@H]1C[C@@H]1c1ccc(C(F)(F)F)cc1. The van der Waals surface area contributed by atoms with Crippen molar-refractivity contribution in [1.82, 2.24) is 5.32 Å². The Morgan fingerprint density at radius 3 is 2.38 bits per heavy atom. The third-order valence-electron chi connectivity index (χ3n) is 3.06. The monoisotopic (exact) mass is 229 g/mol. The van der Waals surface area contributed by atoms with Gasteiger partial charge < -0.3 is 5.32 Å². The van der Waals surface area contributed by atoms with E-state index in [4.69, 9.17) is 0 Å². The molecule has 0 unspecified atom stereocenters. The van der Waals surface area contributed by atoms with Crippen molar-refractivity contribution in [3.8, 4) is 0 Å². The predicted octanol–water partition coefficient (Wildman–Crippen LogP) is 3.03. The van der Waals surface area contributed by atoms with E-state index in [0.29, 0.717) is 11.8 Å². The fourth-order valence-electron chi connectivity index (χ4n) is 2.06. The maximum Gasteiger partial charge on any atom is 0.416 e. The molecule has 0 amide bonds. The first-order chi connectivity index (χ1) is 7.52. The minimum atomic E-state index is -4.23. The Morgan fingerprint density at radius 1 is 1.25 bits per heavy atom. The van der Waals surface area contributed by atoms with Gasteiger partial charge in [-0.2, -0.15) is 13.2 Å². The molecule has 1 saturated carbocycles. The molecule has 1 aromatic carbocycles. The van der Waals surface area contributed by atoms with E-state index in [9.17, 15) is 13.2 Å². The molecule has 0 saturated heterocycles. The number of hydrogen-bond acceptors (Lipinski definition) is 1. The maximum atomic E-state index is 12.3. The first-order valence-electron chi connectivity index (χ1n) is 5.34. The Bertz CT molecular complexity index is 356. The number of halogens is 3. The van der Waals surface area contributed by atoms with Gasteiger partial charge in [0.05, 0.1) is 5.56 Å². The van der Waals surface area contributed by atoms with Crippen LogP contribution in [-0.2, 0) is 6.18 Å². The average molecular weight is 229 g/mol. The fraction of sp³-hybridized carbons (Fsp3) is 0.500. The first-order valence-corrected chi connectivity index (χ1v) is 5.34. The van der Waals surface area contributed by atoms with Gasteiger partial charge in [0.1, 0.15) is 0 Å². The van der Waals surface area contributed by atoms with Gasteiger partial charge in [-0.05, 0) is 49.5 Å². The van der Waals surface area contributed by atoms with Crippen LogP contribution in [0.15, 0.2) is 24.3 Å². The van der Waals surface area contributed by atoms with Crippen molar-refractivity contribution >= 4 is 0 Å². The molecule has 0 spiro atoms. The predicted molar refractivity (Wildman–Crippen MR) is 56.2 cm³/mol. The highest BCUT2D eigenvalue weighted by Gasteiger charge is 2.38. The summed E-state index contributed by atoms with van der Waals surface area (Å²) in [4.78, 5) is 0. The zero-order chi connectivity index (χ0) is 11.8. The molecule has 1 nitrogen and oxygen atoms in total. The molecular weight excluding hydrogens is 215 g/mol. The van der Waals surface area contributed by atoms with Crippen molar-refractivity contribution in [2.24, 2.45) is 5.92 Å². The van der Waals surface area contributed by atoms with Gasteiger partial charge in [-0.25, -0.2) is 0 Å². The number of nitrogens with one attached hydrogen (secondary N) is 1. The summed E-state index contributed by atoms with van der Waals surface area (Å²) in [6.45, 7) is 0.936. The summed E-state index contributed by atoms with van der Waals surface area (Å²) in [5.74, 6) is 1.02. The molecule has 0 bridgehead atoms. The topological polar surface area (TPSA) is 12.0 Å². The van der Waals surface area contributed by atoms with Crippen molar-refractivity contribution in [3.05, 3.63) is 35.4 Å². The Kier molecular flexibility index (Phi) is 2.93. The van der Waals surface area contributed by atoms with Crippen molar-refractivity contribution in [3.63, 3.8) is 0 Å². The van der Waals surface area contributed by atoms with Gasteiger partial charge >= 0.3 is 6.18 Å². The van der Waals surface area contributed by atoms with E-state index in [1.54, 1.807) is 12.1 Å². The normalized spacial score (nSPS) is 24.5. The second-order valence-corrected chi connectivity index (χ2v) is 4.28. The molecule has 1 N–H and O–H groups in total. The van der Waals surface area contributed by atoms with Gasteiger partial charge in [0.2, 0.25) is 0 Å². The van der Waals surface area contributed by atoms with Crippen LogP contribution in [0.3, 0.4) is 0 Å². The minimum absolute atomic E-state index is 0.440. The number of hydrogen-bond donors (Lipinski definition) is 1. The number of benzene rings is 1. The largest absolute Gasteiger partial charge is 0.416 e. The first kappa shape index (κ1) is 11.5. The number of alkyl halides is 3. The Balaban J connectivity index is 2.04. The van der Waals surface area contributed by atoms with Crippen LogP contribution in [0.2, 0.25) is 0 Å². The van der Waals surface area contributed by atoms with Crippen LogP contribution < -0.4 is 5.32 Å². The van der Waals surface area contributed by atoms with Gasteiger partial charge in [-0.1, -0.05) is 12.1 Å². The zero-order valence-corrected chi connectivity index (χ0v) is 9.01. The summed E-state index contributed by atoms with van der Waals surface area (Å²) in [5, 5.41) is 3.09. The van der Waals surface area contributed by atoms with Gasteiger partial charge in [-0.15, -0.1) is 0 Å². The zero-order valence-electron chi connectivity index (χ0n) is 9.01. The maximum absolute atomic E-state index is 12.3. The third kappa shape index (κ3) is 2.38. The number of rotatable bonds is 3. The Morgan fingerprint density at radius 2 is 1.88 bits per heavy atom. The van der Waals surface area contributed by atoms with Gasteiger partial charge in [0.25, 0.3) is 0 Å². The molecule has 1 fully saturated rings. The van der Waals surface area contributed by atoms with Crippen LogP contribution >= 0.6 is 0 Å². The lowest BCUT2D eigenvalue weighted by Gasteiger charge is -2.07. The molecule has 0 aromatic heterocycles. The van der Waals surface area contributed by atoms with Crippen LogP contribution in [0, 0.1) is 5.92 Å². The molecular formula is C12H14F3N. The van der Waals surface area contributed by atoms with E-state index in [1.807, 2.05) is 7.05 Å². The standard InChI is InChI=1S/C12H14F3N/c1-16-7-9-6-11(9)8-2-4-10(5-3-8)12(13,14)15/h2-5,9,11,16H,6-7H2,1H3/t9-,11+/m0/s1. The van der Waals surface area contributed by atoms with Gasteiger partial charge in [0.15, 0.2) is 0 Å². The van der Waals surface area contributed by atoms with E-state index in [-0.39, 0.29) is 0 Å². The second kappa shape index (κ2) is 4.09. The summed E-state index contributed by atoms with van der Waals surface area (Å²) < 4.78 is 37.0. The molecule has 2 rings (SSSR count). The summed E-state index contributed by atoms with van der Waals surface area (Å²) in [7, 11) is 1.89. The van der Waals surface area contributed by atoms with Crippen molar-refractivity contribution in [1.29, 1.82) is 0 Å². The van der Waals surface area contributed by atoms with Crippen LogP contribution in [-0.4, -0.2) is 13.6 Å². The summed E-state index contributed by atoms with van der Waals surface area (Å²) in [6, 6.07) is 5.54. The molecule has 2 atom stereocenters. The summed E-state index contributed by atoms with van der Waals surface area (Å²) >= 11 is 0. The van der Waals surface area contributed by atoms with Gasteiger partial charge in [0, 0.05) is 0 Å². The molecule has 1 aliphatic carbocycles. The van der Waals surface area contributed by atoms with E-state index in [1.165, 1.54) is 12.1 Å². The van der Waals surface area contributed by atoms with Crippen LogP contribution in [0.5, 0.6) is 0 Å². The highest BCUT2D eigenvalue weighted by Crippen LogP contribution is 2.47. The lowest BCUT2D eigenvalue weighted by atomic mass is 10.1. The molecule has 16 heavy (non-hydrogen) atoms. The second-order valence-electron chi connectivity index (χ2n) is 4.28. The van der Waals surface area contributed by atoms with Crippen LogP contribution in [0.1, 0.15) is 23.5 Å². The average Bonchev–Trinajstić information content (AvgIpc) is 2.97. The molecule has 88 valence electrons. The van der Waals surface area contributed by atoms with Gasteiger partial charge in [-0.3, -0.25) is 0 Å². The lowest BCUT2D eigenvalue weighted by Crippen LogP contribution is -2.10. The molecule has 4 heteroatoms. The van der Waals surface area contributed by atoms with Crippen LogP contribution in [0.4, 0.5) is 13.2 Å². The minimum Gasteiger partial charge on any atom is -0.319 e. The van der Waals surface area contributed by atoms with Crippen LogP contribution in [0.25, 0.3) is 0 Å². The molecule has 0 radical (unpaired) electrons. The summed E-state index contributed by atoms with van der Waals surface area (Å²) in [5.41, 5.74) is 0.454. The molecule has 1 aromatic rings.